The zero-order valence-electron chi connectivity index (χ0n) is 47.2. The maximum Gasteiger partial charge on any atom is 1.00 e. The summed E-state index contributed by atoms with van der Waals surface area (Å²) in [6.45, 7) is 4.93. The molecule has 19 nitrogen and oxygen atoms in total. The third-order valence-electron chi connectivity index (χ3n) is 15.0. The van der Waals surface area contributed by atoms with E-state index in [9.17, 15) is 18.0 Å². The van der Waals surface area contributed by atoms with Gasteiger partial charge in [-0.15, -0.1) is 0 Å². The van der Waals surface area contributed by atoms with Crippen molar-refractivity contribution in [2.24, 2.45) is 25.9 Å². The van der Waals surface area contributed by atoms with Gasteiger partial charge in [-0.1, -0.05) is 36.6 Å². The van der Waals surface area contributed by atoms with E-state index in [1.54, 1.807) is 32.5 Å². The van der Waals surface area contributed by atoms with E-state index in [4.69, 9.17) is 18.8 Å². The summed E-state index contributed by atoms with van der Waals surface area (Å²) >= 11 is 0.481. The van der Waals surface area contributed by atoms with Gasteiger partial charge in [0.15, 0.2) is 9.84 Å². The minimum absolute atomic E-state index is 0. The summed E-state index contributed by atoms with van der Waals surface area (Å²) in [6.07, 6.45) is 25.5. The Balaban J connectivity index is 0.000000157. The van der Waals surface area contributed by atoms with Crippen molar-refractivity contribution in [2.45, 2.75) is 101 Å². The van der Waals surface area contributed by atoms with Crippen molar-refractivity contribution in [2.75, 3.05) is 26.1 Å². The molecule has 0 spiro atoms. The van der Waals surface area contributed by atoms with Crippen LogP contribution in [0.15, 0.2) is 112 Å². The number of hydrogen-bond acceptors (Lipinski definition) is 13. The fraction of sp³-hybridized carbons (Fsp3) is 0.390. The van der Waals surface area contributed by atoms with E-state index < -0.39 is 20.9 Å². The van der Waals surface area contributed by atoms with Gasteiger partial charge in [-0.05, 0) is 161 Å². The fourth-order valence-electron chi connectivity index (χ4n) is 10.3. The number of unbranched alkanes of at least 4 members (excludes halogenated alkanes) is 1. The van der Waals surface area contributed by atoms with Crippen molar-refractivity contribution < 1.29 is 46.7 Å². The smallest absolute Gasteiger partial charge is 0.773 e. The molecule has 1 atom stereocenters. The first kappa shape index (κ1) is 59.4. The molecule has 1 unspecified atom stereocenters. The molecule has 0 saturated heterocycles. The van der Waals surface area contributed by atoms with Crippen LogP contribution >= 0.6 is 22.6 Å². The molecule has 4 aliphatic carbocycles. The molecule has 4 aliphatic rings. The van der Waals surface area contributed by atoms with Crippen LogP contribution in [0.2, 0.25) is 0 Å². The largest absolute Gasteiger partial charge is 1.00 e. The number of sulfone groups is 1. The number of aromatic nitrogens is 12. The minimum Gasteiger partial charge on any atom is -0.773 e. The summed E-state index contributed by atoms with van der Waals surface area (Å²) in [5.74, 6) is 2.23. The predicted molar refractivity (Wildman–Crippen MR) is 325 cm³/mol. The van der Waals surface area contributed by atoms with E-state index in [1.807, 2.05) is 86.8 Å². The predicted octanol–water partition coefficient (Wildman–Crippen LogP) is 6.36. The molecule has 2 aromatic carbocycles. The number of pyridine rings is 2. The third-order valence-corrected chi connectivity index (χ3v) is 16.9. The molecular weight excluding hydrogens is 1200 g/mol. The second-order valence-electron chi connectivity index (χ2n) is 22.0. The number of hydrogen-bond donors (Lipinski definition) is 1. The van der Waals surface area contributed by atoms with Gasteiger partial charge in [-0.25, -0.2) is 8.42 Å². The Hall–Kier alpha value is -5.73. The van der Waals surface area contributed by atoms with Crippen LogP contribution in [0, 0.1) is 15.4 Å². The first-order valence-corrected chi connectivity index (χ1v) is 32.0. The van der Waals surface area contributed by atoms with E-state index in [1.165, 1.54) is 49.5 Å². The summed E-state index contributed by atoms with van der Waals surface area (Å²) in [6, 6.07) is 19.4. The van der Waals surface area contributed by atoms with Gasteiger partial charge in [-0.2, -0.15) is 29.8 Å². The molecule has 14 rings (SSSR count). The van der Waals surface area contributed by atoms with Crippen LogP contribution < -0.4 is 46.0 Å². The van der Waals surface area contributed by atoms with E-state index in [2.05, 4.69) is 78.0 Å². The van der Waals surface area contributed by atoms with Crippen LogP contribution in [-0.2, 0) is 48.1 Å². The molecule has 0 amide bonds. The topological polar surface area (TPSA) is 227 Å². The third kappa shape index (κ3) is 13.3. The van der Waals surface area contributed by atoms with Gasteiger partial charge in [-0.3, -0.25) is 33.1 Å². The fourth-order valence-corrected chi connectivity index (χ4v) is 11.8. The van der Waals surface area contributed by atoms with Crippen molar-refractivity contribution in [3.8, 4) is 33.6 Å². The summed E-state index contributed by atoms with van der Waals surface area (Å²) in [5, 5.41) is 23.3. The number of nitrogens with zero attached hydrogens (tertiary/aromatic N) is 12. The first-order chi connectivity index (χ1) is 39.0. The van der Waals surface area contributed by atoms with Crippen LogP contribution in [0.3, 0.4) is 0 Å². The van der Waals surface area contributed by atoms with E-state index >= 15 is 0 Å². The Morgan fingerprint density at radius 2 is 1.12 bits per heavy atom. The average Bonchev–Trinajstić information content (AvgIpc) is 3.32. The zero-order valence-corrected chi connectivity index (χ0v) is 53.0. The number of nitrogens with one attached hydrogen (secondary N) is 1. The number of aryl methyl sites for hydroxylation is 2. The Morgan fingerprint density at radius 1 is 0.671 bits per heavy atom. The molecule has 4 saturated carbocycles. The molecule has 422 valence electrons. The molecule has 82 heavy (non-hydrogen) atoms. The molecule has 23 heteroatoms. The van der Waals surface area contributed by atoms with Gasteiger partial charge in [0.1, 0.15) is 15.9 Å². The quantitative estimate of drug-likeness (QED) is 0.0542. The van der Waals surface area contributed by atoms with Gasteiger partial charge in [0.2, 0.25) is 0 Å². The van der Waals surface area contributed by atoms with Crippen LogP contribution in [0.1, 0.15) is 94.4 Å². The van der Waals surface area contributed by atoms with Crippen LogP contribution in [0.5, 0.6) is 0 Å². The first-order valence-electron chi connectivity index (χ1n) is 27.6. The van der Waals surface area contributed by atoms with Gasteiger partial charge < -0.3 is 19.0 Å². The van der Waals surface area contributed by atoms with Crippen molar-refractivity contribution >= 4 is 87.4 Å². The average molecular weight is 1270 g/mol. The molecule has 8 aromatic heterocycles. The minimum atomic E-state index is -3.60. The monoisotopic (exact) mass is 1270 g/mol. The van der Waals surface area contributed by atoms with Crippen molar-refractivity contribution in [3.63, 3.8) is 0 Å². The second kappa shape index (κ2) is 24.8. The van der Waals surface area contributed by atoms with Crippen LogP contribution in [-0.4, -0.2) is 102 Å². The summed E-state index contributed by atoms with van der Waals surface area (Å²) in [5.41, 5.74) is 9.93. The molecule has 0 bridgehead atoms. The summed E-state index contributed by atoms with van der Waals surface area (Å²) in [4.78, 5) is 37.7. The summed E-state index contributed by atoms with van der Waals surface area (Å²) in [7, 11) is 2.12. The zero-order chi connectivity index (χ0) is 56.9. The van der Waals surface area contributed by atoms with Crippen molar-refractivity contribution in [1.82, 2.24) is 63.5 Å². The van der Waals surface area contributed by atoms with E-state index in [0.29, 0.717) is 63.6 Å². The number of fused-ring (bicyclic) bond motifs is 4. The maximum absolute atomic E-state index is 14.2. The van der Waals surface area contributed by atoms with Crippen molar-refractivity contribution in [3.05, 3.63) is 134 Å². The molecule has 0 aliphatic heterocycles. The van der Waals surface area contributed by atoms with Gasteiger partial charge >= 0.3 is 29.6 Å². The second-order valence-corrected chi connectivity index (χ2v) is 25.9. The van der Waals surface area contributed by atoms with E-state index in [-0.39, 0.29) is 45.6 Å². The molecule has 8 heterocycles. The van der Waals surface area contributed by atoms with E-state index in [0.717, 1.165) is 104 Å². The molecular formula is C59H65IN13NaO6S2. The van der Waals surface area contributed by atoms with Crippen molar-refractivity contribution in [1.29, 1.82) is 0 Å². The molecule has 4 fully saturated rings. The standard InChI is InChI=1S/C27H26N6O3S.C26H23IN6O.C5H13N.CH4O2S.Na/c1-31-14-19-11-20(8-10-22(19)29-31)33-27(34)24(18-7-9-21(28-12-18)17-5-6-17)26-25(30-33)23(37(2,35)36)15-32(26)13-16-3-4-16;1-31-13-18-10-19(7-9-22(18)29-31)33-26(34)23(17-6-8-21(28-11-17)16-4-5-16)25-24(30-33)20(27)14-32(25)12-15-2-3-15;1-3-4-5-6-2;1-4(2)3;/h7-12,14-17H,3-6,13H2,1-2H3;6-11,13-16H,2-5,12H2,1H3;6H,3-5H2,1-2H3;1H3,(H,2,3);/q;;;;+1/p-1. The SMILES string of the molecule is CCCCNC.CS(=O)[O-].Cn1cc2cc(-n3nc4c(I)cn(CC5CC5)c4c(-c4ccc(C5CC5)nc4)c3=O)ccc2n1.Cn1cc2cc(-n3nc4c(S(C)(=O)=O)cn(CC5CC5)c4c(-c4ccc(C5CC5)nc4)c3=O)ccc2n1.[Na+]. The van der Waals surface area contributed by atoms with Crippen LogP contribution in [0.4, 0.5) is 0 Å². The van der Waals surface area contributed by atoms with Gasteiger partial charge in [0.25, 0.3) is 11.1 Å². The normalized spacial score (nSPS) is 15.4. The van der Waals surface area contributed by atoms with Gasteiger partial charge in [0.05, 0.1) is 48.1 Å². The Kier molecular flexibility index (Phi) is 18.0. The molecule has 0 radical (unpaired) electrons. The Morgan fingerprint density at radius 3 is 1.51 bits per heavy atom. The Bertz CT molecular complexity index is 4240. The number of benzene rings is 2. The molecule has 10 aromatic rings. The Labute approximate surface area is 513 Å². The van der Waals surface area contributed by atoms with Crippen LogP contribution in [0.25, 0.3) is 77.5 Å². The summed E-state index contributed by atoms with van der Waals surface area (Å²) < 4.78 is 55.3. The maximum atomic E-state index is 14.2. The number of halogens is 1. The number of rotatable bonds is 14. The van der Waals surface area contributed by atoms with Gasteiger partial charge in [0, 0.05) is 116 Å². The molecule has 1 N–H and O–H groups in total.